The zero-order chi connectivity index (χ0) is 14.1. The van der Waals surface area contributed by atoms with E-state index in [4.69, 9.17) is 0 Å². The third kappa shape index (κ3) is 2.12. The van der Waals surface area contributed by atoms with Crippen molar-refractivity contribution >= 4 is 11.4 Å². The van der Waals surface area contributed by atoms with Crippen molar-refractivity contribution in [2.24, 2.45) is 0 Å². The molecule has 2 aromatic rings. The summed E-state index contributed by atoms with van der Waals surface area (Å²) in [6, 6.07) is 14.9. The summed E-state index contributed by atoms with van der Waals surface area (Å²) in [6.07, 6.45) is -0.262. The Morgan fingerprint density at radius 3 is 2.45 bits per heavy atom. The fraction of sp³-hybridized carbons (Fsp3) is 0.200. The van der Waals surface area contributed by atoms with Crippen molar-refractivity contribution in [1.82, 2.24) is 5.32 Å². The Hall–Kier alpha value is -2.40. The summed E-state index contributed by atoms with van der Waals surface area (Å²) in [5.41, 5.74) is 2.96. The van der Waals surface area contributed by atoms with E-state index >= 15 is 0 Å². The first kappa shape index (κ1) is 12.6. The number of nitrogens with zero attached hydrogens (tertiary/aromatic N) is 1. The molecule has 102 valence electrons. The first-order chi connectivity index (χ1) is 9.66. The number of hydrogen-bond donors (Lipinski definition) is 2. The maximum atomic E-state index is 11.1. The van der Waals surface area contributed by atoms with Crippen LogP contribution in [0.15, 0.2) is 48.5 Å². The summed E-state index contributed by atoms with van der Waals surface area (Å²) < 4.78 is 0. The molecular weight excluding hydrogens is 254 g/mol. The Morgan fingerprint density at radius 1 is 1.05 bits per heavy atom. The van der Waals surface area contributed by atoms with Crippen LogP contribution in [0.25, 0.3) is 0 Å². The van der Waals surface area contributed by atoms with Crippen LogP contribution in [0.4, 0.5) is 11.4 Å². The first-order valence-electron chi connectivity index (χ1n) is 6.51. The second-order valence-electron chi connectivity index (χ2n) is 4.87. The summed E-state index contributed by atoms with van der Waals surface area (Å²) in [4.78, 5) is 10.8. The van der Waals surface area contributed by atoms with Crippen molar-refractivity contribution in [3.63, 3.8) is 0 Å². The highest BCUT2D eigenvalue weighted by atomic mass is 16.6. The van der Waals surface area contributed by atoms with Gasteiger partial charge in [-0.1, -0.05) is 30.3 Å². The Balaban J connectivity index is 2.00. The predicted octanol–water partition coefficient (Wildman–Crippen LogP) is 3.37. The second-order valence-corrected chi connectivity index (χ2v) is 4.87. The molecule has 1 aliphatic rings. The zero-order valence-corrected chi connectivity index (χ0v) is 11.0. The minimum absolute atomic E-state index is 0.129. The van der Waals surface area contributed by atoms with Crippen molar-refractivity contribution < 1.29 is 4.92 Å². The summed E-state index contributed by atoms with van der Waals surface area (Å²) in [6.45, 7) is 2.06. The van der Waals surface area contributed by atoms with Gasteiger partial charge in [0, 0.05) is 17.8 Å². The molecule has 20 heavy (non-hydrogen) atoms. The number of fused-ring (bicyclic) bond motifs is 1. The number of para-hydroxylation sites is 2. The number of benzene rings is 2. The number of hydrogen-bond acceptors (Lipinski definition) is 4. The molecule has 2 unspecified atom stereocenters. The maximum absolute atomic E-state index is 11.1. The highest BCUT2D eigenvalue weighted by Crippen LogP contribution is 2.35. The third-order valence-electron chi connectivity index (χ3n) is 3.59. The van der Waals surface area contributed by atoms with Crippen molar-refractivity contribution in [2.75, 3.05) is 5.32 Å². The molecule has 0 amide bonds. The molecule has 0 bridgehead atoms. The van der Waals surface area contributed by atoms with Gasteiger partial charge >= 0.3 is 0 Å². The lowest BCUT2D eigenvalue weighted by molar-refractivity contribution is -0.385. The summed E-state index contributed by atoms with van der Waals surface area (Å²) in [7, 11) is 0. The lowest BCUT2D eigenvalue weighted by Crippen LogP contribution is -2.35. The number of nitrogens with one attached hydrogen (secondary N) is 2. The molecule has 0 spiro atoms. The predicted molar refractivity (Wildman–Crippen MR) is 77.5 cm³/mol. The Labute approximate surface area is 116 Å². The van der Waals surface area contributed by atoms with E-state index in [0.717, 1.165) is 5.69 Å². The van der Waals surface area contributed by atoms with Gasteiger partial charge in [-0.15, -0.1) is 0 Å². The van der Waals surface area contributed by atoms with Gasteiger partial charge in [0.05, 0.1) is 10.5 Å². The molecule has 2 aromatic carbocycles. The fourth-order valence-corrected chi connectivity index (χ4v) is 2.61. The smallest absolute Gasteiger partial charge is 0.276 e. The zero-order valence-electron chi connectivity index (χ0n) is 11.0. The number of nitro groups is 1. The maximum Gasteiger partial charge on any atom is 0.276 e. The monoisotopic (exact) mass is 269 g/mol. The SMILES string of the molecule is CC1NC(c2ccccc2[N+](=O)[O-])Nc2ccccc21. The molecule has 2 atom stereocenters. The highest BCUT2D eigenvalue weighted by molar-refractivity contribution is 5.57. The van der Waals surface area contributed by atoms with Crippen LogP contribution in [0.5, 0.6) is 0 Å². The fourth-order valence-electron chi connectivity index (χ4n) is 2.61. The normalized spacial score (nSPS) is 20.9. The van der Waals surface area contributed by atoms with E-state index in [1.807, 2.05) is 24.3 Å². The Kier molecular flexibility index (Phi) is 3.12. The summed E-state index contributed by atoms with van der Waals surface area (Å²) >= 11 is 0. The molecule has 0 saturated carbocycles. The minimum atomic E-state index is -0.343. The first-order valence-corrected chi connectivity index (χ1v) is 6.51. The van der Waals surface area contributed by atoms with Gasteiger partial charge in [-0.2, -0.15) is 0 Å². The molecule has 0 radical (unpaired) electrons. The van der Waals surface area contributed by atoms with Gasteiger partial charge in [-0.3, -0.25) is 15.4 Å². The van der Waals surface area contributed by atoms with Crippen molar-refractivity contribution in [2.45, 2.75) is 19.1 Å². The van der Waals surface area contributed by atoms with Crippen molar-refractivity contribution in [3.05, 3.63) is 69.8 Å². The van der Waals surface area contributed by atoms with Gasteiger partial charge in [0.2, 0.25) is 0 Å². The molecule has 0 aliphatic carbocycles. The van der Waals surface area contributed by atoms with Gasteiger partial charge in [0.15, 0.2) is 0 Å². The van der Waals surface area contributed by atoms with Gasteiger partial charge in [-0.25, -0.2) is 0 Å². The number of rotatable bonds is 2. The van der Waals surface area contributed by atoms with Crippen molar-refractivity contribution in [1.29, 1.82) is 0 Å². The van der Waals surface area contributed by atoms with E-state index in [1.54, 1.807) is 12.1 Å². The third-order valence-corrected chi connectivity index (χ3v) is 3.59. The van der Waals surface area contributed by atoms with Gasteiger partial charge < -0.3 is 5.32 Å². The van der Waals surface area contributed by atoms with Crippen LogP contribution in [-0.2, 0) is 0 Å². The molecule has 3 rings (SSSR count). The molecule has 0 saturated heterocycles. The van der Waals surface area contributed by atoms with Crippen LogP contribution in [0.1, 0.15) is 30.3 Å². The van der Waals surface area contributed by atoms with Gasteiger partial charge in [0.25, 0.3) is 5.69 Å². The standard InChI is InChI=1S/C15H15N3O2/c1-10-11-6-2-4-8-13(11)17-15(16-10)12-7-3-5-9-14(12)18(19)20/h2-10,15-17H,1H3. The molecule has 0 fully saturated rings. The quantitative estimate of drug-likeness (QED) is 0.648. The largest absolute Gasteiger partial charge is 0.366 e. The van der Waals surface area contributed by atoms with Crippen LogP contribution in [0.2, 0.25) is 0 Å². The molecule has 5 heteroatoms. The van der Waals surface area contributed by atoms with Crippen LogP contribution in [-0.4, -0.2) is 4.92 Å². The Morgan fingerprint density at radius 2 is 1.70 bits per heavy atom. The van der Waals surface area contributed by atoms with E-state index < -0.39 is 0 Å². The Bertz CT molecular complexity index is 657. The second kappa shape index (κ2) is 4.94. The molecule has 0 aromatic heterocycles. The van der Waals surface area contributed by atoms with Gasteiger partial charge in [-0.05, 0) is 24.6 Å². The molecular formula is C15H15N3O2. The van der Waals surface area contributed by atoms with E-state index in [0.29, 0.717) is 5.56 Å². The van der Waals surface area contributed by atoms with Crippen molar-refractivity contribution in [3.8, 4) is 0 Å². The van der Waals surface area contributed by atoms with E-state index in [1.165, 1.54) is 11.6 Å². The summed E-state index contributed by atoms with van der Waals surface area (Å²) in [5, 5.41) is 17.8. The minimum Gasteiger partial charge on any atom is -0.366 e. The van der Waals surface area contributed by atoms with Crippen LogP contribution < -0.4 is 10.6 Å². The lowest BCUT2D eigenvalue weighted by Gasteiger charge is -2.33. The molecule has 5 nitrogen and oxygen atoms in total. The van der Waals surface area contributed by atoms with E-state index in [2.05, 4.69) is 23.6 Å². The average Bonchev–Trinajstić information content (AvgIpc) is 2.47. The van der Waals surface area contributed by atoms with E-state index in [9.17, 15) is 10.1 Å². The average molecular weight is 269 g/mol. The topological polar surface area (TPSA) is 67.2 Å². The number of nitro benzene ring substituents is 1. The summed E-state index contributed by atoms with van der Waals surface area (Å²) in [5.74, 6) is 0. The molecule has 1 aliphatic heterocycles. The van der Waals surface area contributed by atoms with Crippen LogP contribution >= 0.6 is 0 Å². The lowest BCUT2D eigenvalue weighted by atomic mass is 10.00. The van der Waals surface area contributed by atoms with Gasteiger partial charge in [0.1, 0.15) is 6.17 Å². The van der Waals surface area contributed by atoms with Crippen LogP contribution in [0.3, 0.4) is 0 Å². The van der Waals surface area contributed by atoms with E-state index in [-0.39, 0.29) is 22.8 Å². The van der Waals surface area contributed by atoms with Crippen LogP contribution in [0, 0.1) is 10.1 Å². The molecule has 2 N–H and O–H groups in total. The molecule has 1 heterocycles. The highest BCUT2D eigenvalue weighted by Gasteiger charge is 2.27. The number of anilines is 1.